The number of aromatic nitrogens is 2. The van der Waals surface area contributed by atoms with E-state index in [0.29, 0.717) is 23.3 Å². The molecule has 0 spiro atoms. The van der Waals surface area contributed by atoms with Gasteiger partial charge in [0.25, 0.3) is 5.91 Å². The maximum Gasteiger partial charge on any atom is 0.253 e. The Bertz CT molecular complexity index is 769. The van der Waals surface area contributed by atoms with E-state index < -0.39 is 0 Å². The topological polar surface area (TPSA) is 71.3 Å². The van der Waals surface area contributed by atoms with Gasteiger partial charge < -0.3 is 14.7 Å². The minimum atomic E-state index is 0. The van der Waals surface area contributed by atoms with E-state index in [1.165, 1.54) is 0 Å². The minimum Gasteiger partial charge on any atom is -0.339 e. The van der Waals surface area contributed by atoms with E-state index in [-0.39, 0.29) is 23.7 Å². The zero-order valence-electron chi connectivity index (χ0n) is 16.5. The molecule has 3 rings (SSSR count). The Labute approximate surface area is 167 Å². The third-order valence-corrected chi connectivity index (χ3v) is 4.63. The molecule has 2 aromatic rings. The fourth-order valence-electron chi connectivity index (χ4n) is 3.27. The van der Waals surface area contributed by atoms with Crippen molar-refractivity contribution in [2.75, 3.05) is 20.1 Å². The lowest BCUT2D eigenvalue weighted by atomic mass is 9.92. The second-order valence-corrected chi connectivity index (χ2v) is 8.21. The van der Waals surface area contributed by atoms with Crippen molar-refractivity contribution in [3.63, 3.8) is 0 Å². The predicted molar refractivity (Wildman–Crippen MR) is 108 cm³/mol. The van der Waals surface area contributed by atoms with Crippen LogP contribution in [0.4, 0.5) is 0 Å². The van der Waals surface area contributed by atoms with Gasteiger partial charge in [0.1, 0.15) is 0 Å². The molecule has 6 nitrogen and oxygen atoms in total. The summed E-state index contributed by atoms with van der Waals surface area (Å²) in [6.45, 7) is 7.95. The van der Waals surface area contributed by atoms with Gasteiger partial charge in [0.05, 0.1) is 0 Å². The van der Waals surface area contributed by atoms with Crippen LogP contribution in [0, 0.1) is 5.41 Å². The number of carbonyl (C=O) groups is 1. The van der Waals surface area contributed by atoms with Gasteiger partial charge in [-0.25, -0.2) is 0 Å². The highest BCUT2D eigenvalue weighted by Gasteiger charge is 2.24. The molecule has 27 heavy (non-hydrogen) atoms. The first-order chi connectivity index (χ1) is 12.4. The molecule has 1 unspecified atom stereocenters. The quantitative estimate of drug-likeness (QED) is 0.861. The normalized spacial score (nSPS) is 17.5. The van der Waals surface area contributed by atoms with E-state index in [1.54, 1.807) is 0 Å². The number of benzene rings is 1. The van der Waals surface area contributed by atoms with Gasteiger partial charge >= 0.3 is 0 Å². The molecule has 1 saturated heterocycles. The first-order valence-electron chi connectivity index (χ1n) is 9.25. The van der Waals surface area contributed by atoms with Crippen LogP contribution in [0.15, 0.2) is 28.8 Å². The van der Waals surface area contributed by atoms with Crippen LogP contribution in [0.3, 0.4) is 0 Å². The number of amides is 1. The Balaban J connectivity index is 0.00000261. The SMILES string of the molecule is CNC1CCCN(C(=O)c2cccc(-c3noc(CC(C)(C)C)n3)c2)C1.Cl. The third kappa shape index (κ3) is 5.53. The van der Waals surface area contributed by atoms with Crippen LogP contribution in [0.2, 0.25) is 0 Å². The molecule has 0 radical (unpaired) electrons. The van der Waals surface area contributed by atoms with E-state index in [4.69, 9.17) is 4.52 Å². The number of carbonyl (C=O) groups excluding carboxylic acids is 1. The molecule has 2 heterocycles. The highest BCUT2D eigenvalue weighted by molar-refractivity contribution is 5.95. The number of nitrogens with one attached hydrogen (secondary N) is 1. The van der Waals surface area contributed by atoms with Gasteiger partial charge in [-0.1, -0.05) is 38.1 Å². The summed E-state index contributed by atoms with van der Waals surface area (Å²) in [6, 6.07) is 7.87. The maximum absolute atomic E-state index is 12.9. The predicted octanol–water partition coefficient (Wildman–Crippen LogP) is 3.57. The number of halogens is 1. The van der Waals surface area contributed by atoms with E-state index in [1.807, 2.05) is 36.2 Å². The van der Waals surface area contributed by atoms with E-state index >= 15 is 0 Å². The van der Waals surface area contributed by atoms with Crippen LogP contribution in [0.1, 0.15) is 49.9 Å². The van der Waals surface area contributed by atoms with Gasteiger partial charge in [0.15, 0.2) is 0 Å². The lowest BCUT2D eigenvalue weighted by molar-refractivity contribution is 0.0698. The van der Waals surface area contributed by atoms with Crippen molar-refractivity contribution in [3.05, 3.63) is 35.7 Å². The van der Waals surface area contributed by atoms with E-state index in [2.05, 4.69) is 36.2 Å². The summed E-state index contributed by atoms with van der Waals surface area (Å²) in [7, 11) is 1.95. The molecule has 1 aromatic heterocycles. The number of likely N-dealkylation sites (N-methyl/N-ethyl adjacent to an activating group) is 1. The van der Waals surface area contributed by atoms with Gasteiger partial charge in [-0.05, 0) is 37.4 Å². The Hall–Kier alpha value is -1.92. The average molecular weight is 393 g/mol. The highest BCUT2D eigenvalue weighted by atomic mass is 35.5. The summed E-state index contributed by atoms with van der Waals surface area (Å²) < 4.78 is 5.38. The fourth-order valence-corrected chi connectivity index (χ4v) is 3.27. The second kappa shape index (κ2) is 8.85. The van der Waals surface area contributed by atoms with Gasteiger partial charge in [-0.15, -0.1) is 12.4 Å². The monoisotopic (exact) mass is 392 g/mol. The molecular weight excluding hydrogens is 364 g/mol. The summed E-state index contributed by atoms with van der Waals surface area (Å²) in [4.78, 5) is 19.3. The molecule has 1 aromatic carbocycles. The molecule has 7 heteroatoms. The summed E-state index contributed by atoms with van der Waals surface area (Å²) >= 11 is 0. The van der Waals surface area contributed by atoms with Crippen molar-refractivity contribution in [3.8, 4) is 11.4 Å². The number of nitrogens with zero attached hydrogens (tertiary/aromatic N) is 3. The standard InChI is InChI=1S/C20H28N4O2.ClH/c1-20(2,3)12-17-22-18(23-26-17)14-7-5-8-15(11-14)19(25)24-10-6-9-16(13-24)21-4;/h5,7-8,11,16,21H,6,9-10,12-13H2,1-4H3;1H. The van der Waals surface area contributed by atoms with Crippen molar-refractivity contribution in [2.45, 2.75) is 46.1 Å². The number of piperidine rings is 1. The molecule has 1 amide bonds. The Morgan fingerprint density at radius 3 is 2.85 bits per heavy atom. The van der Waals surface area contributed by atoms with E-state index in [0.717, 1.165) is 37.9 Å². The van der Waals surface area contributed by atoms with Gasteiger partial charge in [0, 0.05) is 36.7 Å². The molecule has 1 aliphatic rings. The van der Waals surface area contributed by atoms with Crippen molar-refractivity contribution in [2.24, 2.45) is 5.41 Å². The first kappa shape index (κ1) is 21.4. The van der Waals surface area contributed by atoms with Crippen molar-refractivity contribution in [1.29, 1.82) is 0 Å². The molecule has 1 aliphatic heterocycles. The smallest absolute Gasteiger partial charge is 0.253 e. The van der Waals surface area contributed by atoms with Crippen LogP contribution >= 0.6 is 12.4 Å². The lowest BCUT2D eigenvalue weighted by Gasteiger charge is -2.32. The molecule has 0 aliphatic carbocycles. The summed E-state index contributed by atoms with van der Waals surface area (Å²) in [5.74, 6) is 1.22. The molecule has 1 fully saturated rings. The molecule has 148 valence electrons. The lowest BCUT2D eigenvalue weighted by Crippen LogP contribution is -2.46. The van der Waals surface area contributed by atoms with Crippen LogP contribution in [0.5, 0.6) is 0 Å². The summed E-state index contributed by atoms with van der Waals surface area (Å²) in [5, 5.41) is 7.36. The average Bonchev–Trinajstić information content (AvgIpc) is 3.08. The minimum absolute atomic E-state index is 0. The van der Waals surface area contributed by atoms with Gasteiger partial charge in [-0.3, -0.25) is 4.79 Å². The largest absolute Gasteiger partial charge is 0.339 e. The number of hydrogen-bond donors (Lipinski definition) is 1. The number of hydrogen-bond acceptors (Lipinski definition) is 5. The molecule has 1 atom stereocenters. The second-order valence-electron chi connectivity index (χ2n) is 8.21. The molecule has 0 bridgehead atoms. The van der Waals surface area contributed by atoms with Crippen molar-refractivity contribution >= 4 is 18.3 Å². The van der Waals surface area contributed by atoms with Crippen LogP contribution in [-0.2, 0) is 6.42 Å². The third-order valence-electron chi connectivity index (χ3n) is 4.63. The Morgan fingerprint density at radius 2 is 2.15 bits per heavy atom. The summed E-state index contributed by atoms with van der Waals surface area (Å²) in [5.41, 5.74) is 1.56. The first-order valence-corrected chi connectivity index (χ1v) is 9.25. The summed E-state index contributed by atoms with van der Waals surface area (Å²) in [6.07, 6.45) is 2.86. The molecule has 0 saturated carbocycles. The Morgan fingerprint density at radius 1 is 1.37 bits per heavy atom. The van der Waals surface area contributed by atoms with E-state index in [9.17, 15) is 4.79 Å². The Kier molecular flexibility index (Phi) is 7.00. The number of likely N-dealkylation sites (tertiary alicyclic amines) is 1. The van der Waals surface area contributed by atoms with Gasteiger partial charge in [-0.2, -0.15) is 4.98 Å². The van der Waals surface area contributed by atoms with Gasteiger partial charge in [0.2, 0.25) is 11.7 Å². The number of rotatable bonds is 4. The fraction of sp³-hybridized carbons (Fsp3) is 0.550. The zero-order chi connectivity index (χ0) is 18.7. The zero-order valence-corrected chi connectivity index (χ0v) is 17.3. The van der Waals surface area contributed by atoms with Crippen LogP contribution in [0.25, 0.3) is 11.4 Å². The van der Waals surface area contributed by atoms with Crippen molar-refractivity contribution < 1.29 is 9.32 Å². The maximum atomic E-state index is 12.9. The molecule has 1 N–H and O–H groups in total. The van der Waals surface area contributed by atoms with Crippen LogP contribution in [-0.4, -0.2) is 47.1 Å². The highest BCUT2D eigenvalue weighted by Crippen LogP contribution is 2.23. The molecular formula is C20H29ClN4O2. The van der Waals surface area contributed by atoms with Crippen molar-refractivity contribution in [1.82, 2.24) is 20.4 Å². The van der Waals surface area contributed by atoms with Crippen LogP contribution < -0.4 is 5.32 Å².